The van der Waals surface area contributed by atoms with Gasteiger partial charge in [-0.1, -0.05) is 84.6 Å². The van der Waals surface area contributed by atoms with Crippen LogP contribution in [-0.4, -0.2) is 15.8 Å². The number of fused-ring (bicyclic) bond motifs is 1. The van der Waals surface area contributed by atoms with E-state index in [0.29, 0.717) is 6.54 Å². The largest absolute Gasteiger partial charge is 0.349 e. The monoisotopic (exact) mass is 361 g/mol. The predicted molar refractivity (Wildman–Crippen MR) is 108 cm³/mol. The highest BCUT2D eigenvalue weighted by molar-refractivity contribution is 8.16. The Kier molecular flexibility index (Phi) is 4.39. The average molecular weight is 361 g/mol. The number of carbonyl (C=O) groups excluding carboxylic acids is 1. The average Bonchev–Trinajstić information content (AvgIpc) is 3.10. The van der Waals surface area contributed by atoms with Gasteiger partial charge in [-0.3, -0.25) is 10.2 Å². The number of carbonyl (C=O) groups is 1. The van der Waals surface area contributed by atoms with E-state index in [2.05, 4.69) is 34.0 Å². The van der Waals surface area contributed by atoms with Gasteiger partial charge < -0.3 is 5.32 Å². The zero-order chi connectivity index (χ0) is 18.0. The summed E-state index contributed by atoms with van der Waals surface area (Å²) in [6.45, 7) is 2.36. The van der Waals surface area contributed by atoms with Gasteiger partial charge in [0.2, 0.25) is 0 Å². The van der Waals surface area contributed by atoms with Gasteiger partial charge in [0.1, 0.15) is 5.04 Å². The van der Waals surface area contributed by atoms with E-state index in [-0.39, 0.29) is 5.91 Å². The summed E-state index contributed by atoms with van der Waals surface area (Å²) in [7, 11) is 0. The molecule has 0 fully saturated rings. The molecule has 3 aromatic rings. The Bertz CT molecular complexity index is 981. The van der Waals surface area contributed by atoms with Crippen LogP contribution in [-0.2, 0) is 11.3 Å². The first-order valence-corrected chi connectivity index (χ1v) is 9.32. The highest BCUT2D eigenvalue weighted by atomic mass is 32.2. The molecule has 3 aromatic carbocycles. The minimum Gasteiger partial charge on any atom is -0.349 e. The van der Waals surface area contributed by atoms with Crippen molar-refractivity contribution in [3.8, 4) is 0 Å². The van der Waals surface area contributed by atoms with E-state index < -0.39 is 4.87 Å². The van der Waals surface area contributed by atoms with Crippen molar-refractivity contribution in [2.75, 3.05) is 0 Å². The van der Waals surface area contributed by atoms with E-state index in [1.807, 2.05) is 61.5 Å². The van der Waals surface area contributed by atoms with Gasteiger partial charge >= 0.3 is 0 Å². The van der Waals surface area contributed by atoms with Gasteiger partial charge in [-0.05, 0) is 23.3 Å². The Morgan fingerprint density at radius 2 is 1.77 bits per heavy atom. The van der Waals surface area contributed by atoms with Crippen LogP contribution in [0.4, 0.5) is 0 Å². The van der Waals surface area contributed by atoms with Crippen LogP contribution < -0.4 is 10.7 Å². The summed E-state index contributed by atoms with van der Waals surface area (Å²) in [4.78, 5) is 11.9. The maximum atomic E-state index is 12.7. The molecule has 26 heavy (non-hydrogen) atoms. The number of hydrogen-bond donors (Lipinski definition) is 2. The molecule has 1 amide bonds. The van der Waals surface area contributed by atoms with Crippen molar-refractivity contribution in [2.24, 2.45) is 5.10 Å². The van der Waals surface area contributed by atoms with Crippen molar-refractivity contribution in [1.29, 1.82) is 0 Å². The molecule has 0 bridgehead atoms. The Morgan fingerprint density at radius 3 is 2.62 bits per heavy atom. The lowest BCUT2D eigenvalue weighted by atomic mass is 10.1. The summed E-state index contributed by atoms with van der Waals surface area (Å²) in [5.74, 6) is -0.0784. The number of amides is 1. The molecular formula is C21H19N3OS. The molecule has 2 N–H and O–H groups in total. The highest BCUT2D eigenvalue weighted by Gasteiger charge is 2.40. The van der Waals surface area contributed by atoms with Gasteiger partial charge in [0.15, 0.2) is 4.87 Å². The molecule has 4 rings (SSSR count). The summed E-state index contributed by atoms with van der Waals surface area (Å²) < 4.78 is 0. The zero-order valence-corrected chi connectivity index (χ0v) is 15.2. The van der Waals surface area contributed by atoms with Crippen molar-refractivity contribution >= 4 is 33.5 Å². The molecule has 0 spiro atoms. The fourth-order valence-corrected chi connectivity index (χ4v) is 3.99. The third-order valence-electron chi connectivity index (χ3n) is 4.42. The van der Waals surface area contributed by atoms with Crippen molar-refractivity contribution in [2.45, 2.75) is 18.3 Å². The molecule has 4 nitrogen and oxygen atoms in total. The van der Waals surface area contributed by atoms with Crippen LogP contribution >= 0.6 is 11.8 Å². The van der Waals surface area contributed by atoms with Crippen LogP contribution in [0.2, 0.25) is 0 Å². The van der Waals surface area contributed by atoms with Crippen molar-refractivity contribution < 1.29 is 4.79 Å². The molecule has 0 aromatic heterocycles. The summed E-state index contributed by atoms with van der Waals surface area (Å²) in [5, 5.41) is 10.6. The lowest BCUT2D eigenvalue weighted by Gasteiger charge is -2.21. The first kappa shape index (κ1) is 16.7. The van der Waals surface area contributed by atoms with Crippen molar-refractivity contribution in [3.63, 3.8) is 0 Å². The lowest BCUT2D eigenvalue weighted by molar-refractivity contribution is -0.123. The molecule has 5 heteroatoms. The second-order valence-corrected chi connectivity index (χ2v) is 7.77. The van der Waals surface area contributed by atoms with Crippen LogP contribution in [0.1, 0.15) is 18.1 Å². The zero-order valence-electron chi connectivity index (χ0n) is 14.4. The number of nitrogens with zero attached hydrogens (tertiary/aromatic N) is 1. The normalized spacial score (nSPS) is 19.0. The van der Waals surface area contributed by atoms with Gasteiger partial charge in [-0.2, -0.15) is 5.10 Å². The Balaban J connectivity index is 1.50. The summed E-state index contributed by atoms with van der Waals surface area (Å²) in [5.41, 5.74) is 5.13. The van der Waals surface area contributed by atoms with Crippen LogP contribution in [0.5, 0.6) is 0 Å². The van der Waals surface area contributed by atoms with Gasteiger partial charge in [-0.25, -0.2) is 0 Å². The minimum atomic E-state index is -0.818. The van der Waals surface area contributed by atoms with E-state index in [9.17, 15) is 4.79 Å². The summed E-state index contributed by atoms with van der Waals surface area (Å²) >= 11 is 1.45. The van der Waals surface area contributed by atoms with E-state index in [1.54, 1.807) is 0 Å². The molecule has 1 heterocycles. The van der Waals surface area contributed by atoms with E-state index >= 15 is 0 Å². The quantitative estimate of drug-likeness (QED) is 0.742. The minimum absolute atomic E-state index is 0.0784. The fraction of sp³-hybridized carbons (Fsp3) is 0.143. The number of benzene rings is 3. The molecule has 130 valence electrons. The molecule has 1 atom stereocenters. The van der Waals surface area contributed by atoms with Crippen LogP contribution in [0, 0.1) is 0 Å². The number of hydrogen-bond acceptors (Lipinski definition) is 4. The van der Waals surface area contributed by atoms with Crippen molar-refractivity contribution in [3.05, 3.63) is 83.9 Å². The Labute approximate surface area is 156 Å². The SMILES string of the molecule is CC1(C(=O)NCc2ccccc2)NN=C(c2cccc3ccccc23)S1. The summed E-state index contributed by atoms with van der Waals surface area (Å²) in [6.07, 6.45) is 0. The van der Waals surface area contributed by atoms with E-state index in [0.717, 1.165) is 26.9 Å². The van der Waals surface area contributed by atoms with Crippen molar-refractivity contribution in [1.82, 2.24) is 10.7 Å². The van der Waals surface area contributed by atoms with Gasteiger partial charge in [0, 0.05) is 12.1 Å². The van der Waals surface area contributed by atoms with E-state index in [4.69, 9.17) is 0 Å². The molecule has 0 radical (unpaired) electrons. The number of rotatable bonds is 4. The maximum absolute atomic E-state index is 12.7. The molecule has 0 saturated heterocycles. The molecule has 1 aliphatic heterocycles. The number of thioether (sulfide) groups is 1. The third-order valence-corrected chi connectivity index (χ3v) is 5.61. The smallest absolute Gasteiger partial charge is 0.258 e. The van der Waals surface area contributed by atoms with E-state index in [1.165, 1.54) is 11.8 Å². The van der Waals surface area contributed by atoms with Crippen LogP contribution in [0.25, 0.3) is 10.8 Å². The summed E-state index contributed by atoms with van der Waals surface area (Å²) in [6, 6.07) is 24.2. The molecule has 0 aliphatic carbocycles. The third kappa shape index (κ3) is 3.18. The van der Waals surface area contributed by atoms with Crippen LogP contribution in [0.3, 0.4) is 0 Å². The molecule has 0 saturated carbocycles. The molecule has 1 unspecified atom stereocenters. The van der Waals surface area contributed by atoms with Gasteiger partial charge in [0.05, 0.1) is 0 Å². The molecular weight excluding hydrogens is 342 g/mol. The highest BCUT2D eigenvalue weighted by Crippen LogP contribution is 2.34. The molecule has 1 aliphatic rings. The standard InChI is InChI=1S/C21H19N3OS/c1-21(20(25)22-14-15-8-3-2-4-9-15)24-23-19(26-21)18-13-7-11-16-10-5-6-12-17(16)18/h2-13,24H,14H2,1H3,(H,22,25). The first-order chi connectivity index (χ1) is 12.7. The second-order valence-electron chi connectivity index (χ2n) is 6.36. The number of hydrazone groups is 1. The Morgan fingerprint density at radius 1 is 1.04 bits per heavy atom. The number of nitrogens with one attached hydrogen (secondary N) is 2. The lowest BCUT2D eigenvalue weighted by Crippen LogP contribution is -2.48. The topological polar surface area (TPSA) is 53.5 Å². The predicted octanol–water partition coefficient (Wildman–Crippen LogP) is 3.87. The van der Waals surface area contributed by atoms with Gasteiger partial charge in [0.25, 0.3) is 5.91 Å². The maximum Gasteiger partial charge on any atom is 0.258 e. The second kappa shape index (κ2) is 6.84. The first-order valence-electron chi connectivity index (χ1n) is 8.50. The van der Waals surface area contributed by atoms with Crippen LogP contribution in [0.15, 0.2) is 77.9 Å². The fourth-order valence-electron chi connectivity index (χ4n) is 2.97. The Hall–Kier alpha value is -2.79. The van der Waals surface area contributed by atoms with Gasteiger partial charge in [-0.15, -0.1) is 0 Å².